The molecule has 8 nitrogen and oxygen atoms in total. The predicted molar refractivity (Wildman–Crippen MR) is 76.1 cm³/mol. The van der Waals surface area contributed by atoms with Crippen LogP contribution in [-0.4, -0.2) is 36.3 Å². The molecule has 0 saturated carbocycles. The summed E-state index contributed by atoms with van der Waals surface area (Å²) in [5.74, 6) is -1.15. The summed E-state index contributed by atoms with van der Waals surface area (Å²) in [6.07, 6.45) is 0. The van der Waals surface area contributed by atoms with Crippen molar-refractivity contribution in [1.82, 2.24) is 0 Å². The Morgan fingerprint density at radius 2 is 1.81 bits per heavy atom. The Balaban J connectivity index is 3.21. The second-order valence-corrected chi connectivity index (χ2v) is 4.54. The first-order valence-corrected chi connectivity index (χ1v) is 6.21. The third-order valence-electron chi connectivity index (χ3n) is 3.22. The van der Waals surface area contributed by atoms with Gasteiger partial charge in [-0.2, -0.15) is 0 Å². The number of methoxy groups -OCH3 is 2. The number of ether oxygens (including phenoxy) is 2. The number of benzene rings is 1. The minimum atomic E-state index is -0.988. The molecule has 1 aromatic carbocycles. The summed E-state index contributed by atoms with van der Waals surface area (Å²) in [7, 11) is 2.79. The number of hydrogen-bond donors (Lipinski definition) is 2. The summed E-state index contributed by atoms with van der Waals surface area (Å²) in [6.45, 7) is 3.16. The monoisotopic (exact) mass is 298 g/mol. The van der Waals surface area contributed by atoms with E-state index in [0.29, 0.717) is 5.75 Å². The molecule has 2 unspecified atom stereocenters. The fourth-order valence-electron chi connectivity index (χ4n) is 1.72. The molecule has 0 aliphatic rings. The van der Waals surface area contributed by atoms with Gasteiger partial charge in [-0.25, -0.2) is 0 Å². The number of hydrogen-bond acceptors (Lipinski definition) is 6. The van der Waals surface area contributed by atoms with E-state index in [2.05, 4.69) is 5.32 Å². The van der Waals surface area contributed by atoms with Crippen LogP contribution >= 0.6 is 0 Å². The lowest BCUT2D eigenvalue weighted by atomic mass is 10.0. The Morgan fingerprint density at radius 1 is 1.29 bits per heavy atom. The van der Waals surface area contributed by atoms with Crippen molar-refractivity contribution in [2.45, 2.75) is 19.9 Å². The number of nitrogens with zero attached hydrogens (tertiary/aromatic N) is 1. The van der Waals surface area contributed by atoms with Gasteiger partial charge in [0.15, 0.2) is 11.5 Å². The fourth-order valence-corrected chi connectivity index (χ4v) is 1.72. The highest BCUT2D eigenvalue weighted by molar-refractivity contribution is 5.73. The van der Waals surface area contributed by atoms with Gasteiger partial charge in [-0.3, -0.25) is 14.9 Å². The third-order valence-corrected chi connectivity index (χ3v) is 3.22. The fraction of sp³-hybridized carbons (Fsp3) is 0.462. The van der Waals surface area contributed by atoms with E-state index in [1.807, 2.05) is 0 Å². The largest absolute Gasteiger partial charge is 0.493 e. The number of aliphatic carboxylic acids is 1. The van der Waals surface area contributed by atoms with Crippen LogP contribution in [0.15, 0.2) is 12.1 Å². The van der Waals surface area contributed by atoms with E-state index >= 15 is 0 Å². The zero-order chi connectivity index (χ0) is 16.2. The van der Waals surface area contributed by atoms with Crippen molar-refractivity contribution >= 4 is 17.3 Å². The zero-order valence-electron chi connectivity index (χ0n) is 12.2. The number of carbonyl (C=O) groups is 1. The minimum absolute atomic E-state index is 0.179. The molecule has 116 valence electrons. The van der Waals surface area contributed by atoms with Crippen molar-refractivity contribution < 1.29 is 24.3 Å². The van der Waals surface area contributed by atoms with Crippen molar-refractivity contribution in [2.24, 2.45) is 5.92 Å². The van der Waals surface area contributed by atoms with Crippen molar-refractivity contribution in [3.05, 3.63) is 22.2 Å². The average molecular weight is 298 g/mol. The number of nitro benzene ring substituents is 1. The smallest absolute Gasteiger partial charge is 0.308 e. The molecule has 1 aromatic rings. The van der Waals surface area contributed by atoms with Gasteiger partial charge in [0, 0.05) is 12.1 Å². The lowest BCUT2D eigenvalue weighted by molar-refractivity contribution is -0.384. The zero-order valence-corrected chi connectivity index (χ0v) is 12.2. The first-order valence-electron chi connectivity index (χ1n) is 6.21. The van der Waals surface area contributed by atoms with Crippen LogP contribution in [0.3, 0.4) is 0 Å². The van der Waals surface area contributed by atoms with Gasteiger partial charge in [-0.05, 0) is 13.8 Å². The summed E-state index contributed by atoms with van der Waals surface area (Å²) in [6, 6.07) is 2.15. The molecular formula is C13H18N2O6. The molecule has 8 heteroatoms. The van der Waals surface area contributed by atoms with Gasteiger partial charge in [0.1, 0.15) is 5.69 Å². The molecule has 0 fully saturated rings. The van der Waals surface area contributed by atoms with Crippen LogP contribution in [0, 0.1) is 16.0 Å². The van der Waals surface area contributed by atoms with Crippen LogP contribution in [-0.2, 0) is 4.79 Å². The molecule has 0 heterocycles. The van der Waals surface area contributed by atoms with E-state index in [9.17, 15) is 14.9 Å². The summed E-state index contributed by atoms with van der Waals surface area (Å²) in [4.78, 5) is 21.5. The Kier molecular flexibility index (Phi) is 5.34. The maximum Gasteiger partial charge on any atom is 0.308 e. The number of anilines is 1. The molecule has 0 saturated heterocycles. The Bertz CT molecular complexity index is 546. The van der Waals surface area contributed by atoms with E-state index < -0.39 is 22.9 Å². The molecule has 21 heavy (non-hydrogen) atoms. The first kappa shape index (κ1) is 16.5. The van der Waals surface area contributed by atoms with Crippen molar-refractivity contribution in [1.29, 1.82) is 0 Å². The predicted octanol–water partition coefficient (Wildman–Crippen LogP) is 2.13. The van der Waals surface area contributed by atoms with Gasteiger partial charge in [0.25, 0.3) is 5.69 Å². The third kappa shape index (κ3) is 3.74. The van der Waals surface area contributed by atoms with Gasteiger partial charge in [-0.1, -0.05) is 0 Å². The Hall–Kier alpha value is -2.51. The number of carboxylic acids is 1. The van der Waals surface area contributed by atoms with Crippen LogP contribution in [0.2, 0.25) is 0 Å². The molecular weight excluding hydrogens is 280 g/mol. The number of carboxylic acid groups (broad SMARTS) is 1. The summed E-state index contributed by atoms with van der Waals surface area (Å²) in [5.41, 5.74) is -0.0321. The summed E-state index contributed by atoms with van der Waals surface area (Å²) in [5, 5.41) is 22.9. The number of nitro groups is 1. The standard InChI is InChI=1S/C13H18N2O6/c1-7(13(16)17)8(2)14-9-5-11(20-3)12(21-4)6-10(9)15(18)19/h5-8,14H,1-4H3,(H,16,17). The highest BCUT2D eigenvalue weighted by Gasteiger charge is 2.24. The van der Waals surface area contributed by atoms with Crippen molar-refractivity contribution in [2.75, 3.05) is 19.5 Å². The average Bonchev–Trinajstić information content (AvgIpc) is 2.45. The number of nitrogens with one attached hydrogen (secondary N) is 1. The highest BCUT2D eigenvalue weighted by Crippen LogP contribution is 2.38. The van der Waals surface area contributed by atoms with Crippen LogP contribution in [0.5, 0.6) is 11.5 Å². The topological polar surface area (TPSA) is 111 Å². The van der Waals surface area contributed by atoms with Crippen molar-refractivity contribution in [3.8, 4) is 11.5 Å². The molecule has 0 aliphatic carbocycles. The lowest BCUT2D eigenvalue weighted by Gasteiger charge is -2.20. The summed E-state index contributed by atoms with van der Waals surface area (Å²) < 4.78 is 10.1. The summed E-state index contributed by atoms with van der Waals surface area (Å²) >= 11 is 0. The molecule has 0 spiro atoms. The molecule has 0 aliphatic heterocycles. The molecule has 2 atom stereocenters. The molecule has 0 amide bonds. The minimum Gasteiger partial charge on any atom is -0.493 e. The second kappa shape index (κ2) is 6.78. The molecule has 1 rings (SSSR count). The normalized spacial score (nSPS) is 13.1. The first-order chi connectivity index (χ1) is 9.81. The lowest BCUT2D eigenvalue weighted by Crippen LogP contribution is -2.30. The van der Waals surface area contributed by atoms with Crippen LogP contribution < -0.4 is 14.8 Å². The molecule has 0 radical (unpaired) electrons. The molecule has 2 N–H and O–H groups in total. The Morgan fingerprint density at radius 3 is 2.24 bits per heavy atom. The van der Waals surface area contributed by atoms with Gasteiger partial charge in [-0.15, -0.1) is 0 Å². The van der Waals surface area contributed by atoms with E-state index in [0.717, 1.165) is 0 Å². The maximum absolute atomic E-state index is 11.1. The van der Waals surface area contributed by atoms with E-state index in [1.165, 1.54) is 33.3 Å². The van der Waals surface area contributed by atoms with Crippen LogP contribution in [0.25, 0.3) is 0 Å². The van der Waals surface area contributed by atoms with Gasteiger partial charge in [0.05, 0.1) is 31.1 Å². The van der Waals surface area contributed by atoms with Gasteiger partial charge in [0.2, 0.25) is 0 Å². The van der Waals surface area contributed by atoms with Crippen molar-refractivity contribution in [3.63, 3.8) is 0 Å². The quantitative estimate of drug-likeness (QED) is 0.586. The van der Waals surface area contributed by atoms with Crippen LogP contribution in [0.4, 0.5) is 11.4 Å². The molecule has 0 bridgehead atoms. The van der Waals surface area contributed by atoms with Gasteiger partial charge < -0.3 is 19.9 Å². The van der Waals surface area contributed by atoms with E-state index in [4.69, 9.17) is 14.6 Å². The molecule has 0 aromatic heterocycles. The Labute approximate surface area is 121 Å². The van der Waals surface area contributed by atoms with Gasteiger partial charge >= 0.3 is 5.97 Å². The van der Waals surface area contributed by atoms with Crippen LogP contribution in [0.1, 0.15) is 13.8 Å². The highest BCUT2D eigenvalue weighted by atomic mass is 16.6. The van der Waals surface area contributed by atoms with E-state index in [-0.39, 0.29) is 17.1 Å². The number of rotatable bonds is 7. The second-order valence-electron chi connectivity index (χ2n) is 4.54. The van der Waals surface area contributed by atoms with E-state index in [1.54, 1.807) is 6.92 Å². The SMILES string of the molecule is COc1cc(NC(C)C(C)C(=O)O)c([N+](=O)[O-])cc1OC. The maximum atomic E-state index is 11.1.